The van der Waals surface area contributed by atoms with Crippen LogP contribution in [-0.4, -0.2) is 140 Å². The van der Waals surface area contributed by atoms with Crippen molar-refractivity contribution in [1.82, 2.24) is 79.3 Å². The maximum atomic E-state index is 12.1. The minimum atomic E-state index is -0.0928. The number of amides is 4. The van der Waals surface area contributed by atoms with Gasteiger partial charge in [-0.1, -0.05) is 54.6 Å². The van der Waals surface area contributed by atoms with Gasteiger partial charge in [0.05, 0.1) is 35.8 Å². The third-order valence-corrected chi connectivity index (χ3v) is 14.2. The van der Waals surface area contributed by atoms with Crippen LogP contribution in [0.1, 0.15) is 13.8 Å². The minimum Gasteiger partial charge on any atom is -0.457 e. The minimum absolute atomic E-state index is 0.00479. The fourth-order valence-corrected chi connectivity index (χ4v) is 9.50. The Morgan fingerprint density at radius 1 is 0.418 bits per heavy atom. The van der Waals surface area contributed by atoms with E-state index in [0.29, 0.717) is 107 Å². The molecular weight excluding hydrogens is 1150 g/mol. The summed E-state index contributed by atoms with van der Waals surface area (Å²) in [5, 5.41) is 19.0. The van der Waals surface area contributed by atoms with Gasteiger partial charge in [-0.2, -0.15) is 15.3 Å². The van der Waals surface area contributed by atoms with Gasteiger partial charge in [0.25, 0.3) is 0 Å². The molecule has 6 heterocycles. The molecular formula is C66H67N19O6. The number of carbonyl (C=O) groups excluding carboxylic acids is 3. The summed E-state index contributed by atoms with van der Waals surface area (Å²) in [6.07, 6.45) is 4.26. The van der Waals surface area contributed by atoms with Gasteiger partial charge < -0.3 is 51.4 Å². The average molecular weight is 1220 g/mol. The van der Waals surface area contributed by atoms with Gasteiger partial charge in [0.15, 0.2) is 16.9 Å². The first-order valence-corrected chi connectivity index (χ1v) is 28.9. The molecule has 0 saturated heterocycles. The van der Waals surface area contributed by atoms with Gasteiger partial charge in [0.1, 0.15) is 88.0 Å². The van der Waals surface area contributed by atoms with Gasteiger partial charge >= 0.3 is 6.03 Å². The van der Waals surface area contributed by atoms with E-state index in [4.69, 9.17) is 41.6 Å². The largest absolute Gasteiger partial charge is 0.457 e. The lowest BCUT2D eigenvalue weighted by molar-refractivity contribution is -0.127. The van der Waals surface area contributed by atoms with Gasteiger partial charge in [-0.05, 0) is 109 Å². The second-order valence-electron chi connectivity index (χ2n) is 20.9. The number of urea groups is 1. The Balaban J connectivity index is 0.000000150. The van der Waals surface area contributed by atoms with Crippen LogP contribution in [0, 0.1) is 0 Å². The van der Waals surface area contributed by atoms with Crippen molar-refractivity contribution in [2.75, 3.05) is 65.0 Å². The van der Waals surface area contributed by atoms with Crippen LogP contribution in [0.3, 0.4) is 0 Å². The molecule has 0 unspecified atom stereocenters. The Bertz CT molecular complexity index is 4430. The van der Waals surface area contributed by atoms with Crippen LogP contribution in [0.2, 0.25) is 0 Å². The average Bonchev–Trinajstić information content (AvgIpc) is 1.70. The van der Waals surface area contributed by atoms with Crippen molar-refractivity contribution >= 4 is 68.4 Å². The van der Waals surface area contributed by atoms with E-state index < -0.39 is 0 Å². The number of hydrogen-bond donors (Lipinski definition) is 4. The predicted molar refractivity (Wildman–Crippen MR) is 349 cm³/mol. The van der Waals surface area contributed by atoms with Crippen molar-refractivity contribution in [3.05, 3.63) is 183 Å². The first-order chi connectivity index (χ1) is 44.1. The summed E-state index contributed by atoms with van der Waals surface area (Å²) in [4.78, 5) is 65.1. The topological polar surface area (TPSA) is 310 Å². The number of anilines is 3. The van der Waals surface area contributed by atoms with E-state index in [2.05, 4.69) is 40.3 Å². The molecule has 7 N–H and O–H groups in total. The standard InChI is InChI=1S/C23H25N7O2.C22H22N6O2.C21H20N6O2/c1-28(2)23(31)29(3)13-14-30-22-19(21(24)25-15-26-22)20(27-30)16-9-11-18(12-10-16)32-17-7-5-4-6-8-17;1-15(29)27(2)12-13-28-22-19(21(23)24-14-25-22)20(26-28)16-8-10-18(11-9-16)30-17-6-4-3-5-7-17;1-14(28)23-11-12-27-21-18(20(22)24-13-25-21)19(26-27)15-7-9-17(10-8-15)29-16-5-3-2-4-6-16/h4-12,15H,13-14H2,1-3H3,(H2,24,25,26);3-11,14H,12-13H2,1-2H3,(H2,23,24,25);2-10,13H,11-12H2,1H3,(H,23,28)(H2,22,24,25). The number of rotatable bonds is 18. The Morgan fingerprint density at radius 3 is 1.03 bits per heavy atom. The Morgan fingerprint density at radius 2 is 0.725 bits per heavy atom. The molecule has 0 atom stereocenters. The highest BCUT2D eigenvalue weighted by molar-refractivity contribution is 6.00. The van der Waals surface area contributed by atoms with Crippen molar-refractivity contribution in [1.29, 1.82) is 0 Å². The van der Waals surface area contributed by atoms with Crippen LogP contribution >= 0.6 is 0 Å². The van der Waals surface area contributed by atoms with E-state index in [1.165, 1.54) is 37.7 Å². The third kappa shape index (κ3) is 15.2. The number of fused-ring (bicyclic) bond motifs is 3. The highest BCUT2D eigenvalue weighted by Crippen LogP contribution is 2.35. The lowest BCUT2D eigenvalue weighted by Gasteiger charge is -2.21. The number of ether oxygens (including phenoxy) is 3. The zero-order valence-corrected chi connectivity index (χ0v) is 51.0. The highest BCUT2D eigenvalue weighted by atomic mass is 16.5. The van der Waals surface area contributed by atoms with E-state index in [0.717, 1.165) is 51.2 Å². The molecule has 0 aliphatic heterocycles. The monoisotopic (exact) mass is 1220 g/mol. The highest BCUT2D eigenvalue weighted by Gasteiger charge is 2.22. The smallest absolute Gasteiger partial charge is 0.319 e. The predicted octanol–water partition coefficient (Wildman–Crippen LogP) is 9.83. The second-order valence-corrected chi connectivity index (χ2v) is 20.9. The summed E-state index contributed by atoms with van der Waals surface area (Å²) < 4.78 is 22.8. The number of benzene rings is 6. The number of nitrogens with two attached hydrogens (primary N) is 3. The lowest BCUT2D eigenvalue weighted by atomic mass is 10.1. The van der Waals surface area contributed by atoms with Crippen LogP contribution in [0.15, 0.2) is 183 Å². The normalized spacial score (nSPS) is 10.8. The van der Waals surface area contributed by atoms with Crippen molar-refractivity contribution < 1.29 is 28.6 Å². The molecule has 0 saturated carbocycles. The molecule has 0 aliphatic rings. The van der Waals surface area contributed by atoms with Crippen molar-refractivity contribution in [3.8, 4) is 68.3 Å². The fraction of sp³-hybridized carbons (Fsp3) is 0.182. The quantitative estimate of drug-likeness (QED) is 0.0621. The summed E-state index contributed by atoms with van der Waals surface area (Å²) in [6, 6.07) is 51.6. The molecule has 12 rings (SSSR count). The molecule has 0 fully saturated rings. The van der Waals surface area contributed by atoms with Crippen molar-refractivity contribution in [3.63, 3.8) is 0 Å². The zero-order valence-electron chi connectivity index (χ0n) is 51.0. The van der Waals surface area contributed by atoms with Crippen LogP contribution in [0.4, 0.5) is 22.2 Å². The summed E-state index contributed by atoms with van der Waals surface area (Å²) in [6.45, 7) is 5.88. The van der Waals surface area contributed by atoms with E-state index in [1.807, 2.05) is 164 Å². The second kappa shape index (κ2) is 28.7. The molecule has 25 heteroatoms. The fourth-order valence-electron chi connectivity index (χ4n) is 9.50. The van der Waals surface area contributed by atoms with Gasteiger partial charge in [0.2, 0.25) is 11.8 Å². The first-order valence-electron chi connectivity index (χ1n) is 28.9. The zero-order chi connectivity index (χ0) is 64.0. The molecule has 4 amide bonds. The maximum Gasteiger partial charge on any atom is 0.319 e. The summed E-state index contributed by atoms with van der Waals surface area (Å²) in [5.41, 5.74) is 25.0. The number of likely N-dealkylation sites (N-methyl/N-ethyl adjacent to an activating group) is 2. The molecule has 6 aromatic carbocycles. The van der Waals surface area contributed by atoms with Gasteiger partial charge in [0, 0.05) is 78.4 Å². The molecule has 0 aliphatic carbocycles. The molecule has 6 aromatic heterocycles. The van der Waals surface area contributed by atoms with Crippen LogP contribution in [0.5, 0.6) is 34.5 Å². The Kier molecular flexibility index (Phi) is 19.5. The van der Waals surface area contributed by atoms with E-state index in [-0.39, 0.29) is 17.8 Å². The van der Waals surface area contributed by atoms with Crippen LogP contribution < -0.4 is 36.7 Å². The molecule has 91 heavy (non-hydrogen) atoms. The summed E-state index contributed by atoms with van der Waals surface area (Å²) in [5.74, 6) is 5.46. The maximum absolute atomic E-state index is 12.1. The number of carbonyl (C=O) groups is 3. The van der Waals surface area contributed by atoms with Crippen LogP contribution in [-0.2, 0) is 29.2 Å². The van der Waals surface area contributed by atoms with Gasteiger partial charge in [-0.15, -0.1) is 0 Å². The molecule has 0 bridgehead atoms. The number of nitrogen functional groups attached to an aromatic ring is 3. The molecule has 0 spiro atoms. The summed E-state index contributed by atoms with van der Waals surface area (Å²) >= 11 is 0. The number of nitrogens with one attached hydrogen (secondary N) is 1. The van der Waals surface area contributed by atoms with E-state index in [1.54, 1.807) is 52.0 Å². The van der Waals surface area contributed by atoms with Crippen molar-refractivity contribution in [2.45, 2.75) is 33.5 Å². The Labute approximate surface area is 523 Å². The van der Waals surface area contributed by atoms with E-state index >= 15 is 0 Å². The molecule has 12 aromatic rings. The number of para-hydroxylation sites is 3. The number of nitrogens with zero attached hydrogens (tertiary/aromatic N) is 15. The van der Waals surface area contributed by atoms with E-state index in [9.17, 15) is 14.4 Å². The molecule has 25 nitrogen and oxygen atoms in total. The SMILES string of the molecule is CC(=O)N(C)CCn1nc(-c2ccc(Oc3ccccc3)cc2)c2c(N)ncnc21.CC(=O)NCCn1nc(-c2ccc(Oc3ccccc3)cc2)c2c(N)ncnc21.CN(C)C(=O)N(C)CCn1nc(-c2ccc(Oc3ccccc3)cc2)c2c(N)ncnc21. The molecule has 0 radical (unpaired) electrons. The summed E-state index contributed by atoms with van der Waals surface area (Å²) in [7, 11) is 6.95. The van der Waals surface area contributed by atoms with Gasteiger partial charge in [-0.25, -0.2) is 48.7 Å². The molecule has 462 valence electrons. The Hall–Kier alpha value is -12.0. The number of hydrogen-bond acceptors (Lipinski definition) is 18. The lowest BCUT2D eigenvalue weighted by Crippen LogP contribution is -2.38. The van der Waals surface area contributed by atoms with Gasteiger partial charge in [-0.3, -0.25) is 9.59 Å². The first kappa shape index (κ1) is 62.0. The van der Waals surface area contributed by atoms with Crippen molar-refractivity contribution in [2.24, 2.45) is 0 Å². The third-order valence-electron chi connectivity index (χ3n) is 14.2. The number of aromatic nitrogens is 12. The van der Waals surface area contributed by atoms with Crippen LogP contribution in [0.25, 0.3) is 66.9 Å².